The lowest BCUT2D eigenvalue weighted by molar-refractivity contribution is -0.141. The van der Waals surface area contributed by atoms with E-state index in [1.165, 1.54) is 16.3 Å². The van der Waals surface area contributed by atoms with Crippen LogP contribution >= 0.6 is 0 Å². The lowest BCUT2D eigenvalue weighted by atomic mass is 9.97. The van der Waals surface area contributed by atoms with E-state index in [-0.39, 0.29) is 11.1 Å². The first kappa shape index (κ1) is 18.3. The number of fused-ring (bicyclic) bond motifs is 1. The van der Waals surface area contributed by atoms with Gasteiger partial charge in [-0.25, -0.2) is 4.79 Å². The van der Waals surface area contributed by atoms with E-state index in [0.29, 0.717) is 23.3 Å². The molecule has 0 N–H and O–H groups in total. The molecular weight excluding hydrogens is 345 g/mol. The highest BCUT2D eigenvalue weighted by Crippen LogP contribution is 2.32. The molecule has 140 valence electrons. The van der Waals surface area contributed by atoms with Gasteiger partial charge in [0.1, 0.15) is 0 Å². The van der Waals surface area contributed by atoms with Gasteiger partial charge >= 0.3 is 11.9 Å². The third-order valence-corrected chi connectivity index (χ3v) is 4.24. The third kappa shape index (κ3) is 3.15. The van der Waals surface area contributed by atoms with E-state index in [0.717, 1.165) is 11.6 Å². The molecule has 0 radical (unpaired) electrons. The van der Waals surface area contributed by atoms with Gasteiger partial charge in [-0.15, -0.1) is 0 Å². The number of halogens is 3. The molecule has 0 saturated heterocycles. The number of hydrogen-bond acceptors (Lipinski definition) is 2. The van der Waals surface area contributed by atoms with Gasteiger partial charge in [0.25, 0.3) is 0 Å². The van der Waals surface area contributed by atoms with E-state index in [1.807, 2.05) is 20.8 Å². The van der Waals surface area contributed by atoms with Gasteiger partial charge in [-0.3, -0.25) is 13.8 Å². The highest BCUT2D eigenvalue weighted by Gasteiger charge is 2.34. The van der Waals surface area contributed by atoms with Gasteiger partial charge in [0.05, 0.1) is 16.7 Å². The van der Waals surface area contributed by atoms with Crippen molar-refractivity contribution in [1.29, 1.82) is 0 Å². The van der Waals surface area contributed by atoms with Gasteiger partial charge in [0.2, 0.25) is 0 Å². The van der Waals surface area contributed by atoms with E-state index in [4.69, 9.17) is 0 Å². The summed E-state index contributed by atoms with van der Waals surface area (Å²) in [5, 5.41) is 3.55. The first-order valence-electron chi connectivity index (χ1n) is 8.19. The fraction of sp³-hybridized carbons (Fsp3) is 0.444. The zero-order valence-electron chi connectivity index (χ0n) is 15.3. The standard InChI is InChI=1S/C18H21F3N4O/c1-17(2,3)10-25-12-7-6-11(8-14(12)23(4)16(25)26)13-9-15(18(19,20)21)22-24(13)5/h6-9H,10H2,1-5H3. The van der Waals surface area contributed by atoms with Crippen LogP contribution in [0.15, 0.2) is 29.1 Å². The molecule has 26 heavy (non-hydrogen) atoms. The zero-order valence-corrected chi connectivity index (χ0v) is 15.3. The first-order chi connectivity index (χ1) is 11.9. The Hall–Kier alpha value is -2.51. The van der Waals surface area contributed by atoms with Gasteiger partial charge in [0.15, 0.2) is 5.69 Å². The fourth-order valence-corrected chi connectivity index (χ4v) is 3.07. The number of nitrogens with zero attached hydrogens (tertiary/aromatic N) is 4. The predicted octanol–water partition coefficient (Wildman–Crippen LogP) is 3.81. The third-order valence-electron chi connectivity index (χ3n) is 4.24. The normalized spacial score (nSPS) is 12.9. The van der Waals surface area contributed by atoms with Crippen LogP contribution in [0.2, 0.25) is 0 Å². The molecule has 2 heterocycles. The summed E-state index contributed by atoms with van der Waals surface area (Å²) in [5.74, 6) is 0. The van der Waals surface area contributed by atoms with Crippen molar-refractivity contribution >= 4 is 11.0 Å². The Bertz CT molecular complexity index is 1030. The van der Waals surface area contributed by atoms with Crippen LogP contribution in [0.5, 0.6) is 0 Å². The van der Waals surface area contributed by atoms with Crippen molar-refractivity contribution in [2.75, 3.05) is 0 Å². The van der Waals surface area contributed by atoms with Crippen molar-refractivity contribution in [3.05, 3.63) is 40.4 Å². The van der Waals surface area contributed by atoms with Gasteiger partial charge in [-0.2, -0.15) is 18.3 Å². The molecule has 3 rings (SSSR count). The number of imidazole rings is 1. The maximum absolute atomic E-state index is 12.9. The Labute approximate surface area is 148 Å². The maximum Gasteiger partial charge on any atom is 0.435 e. The SMILES string of the molecule is Cn1nc(C(F)(F)F)cc1-c1ccc2c(c1)n(C)c(=O)n2CC(C)(C)C. The second-order valence-electron chi connectivity index (χ2n) is 7.73. The quantitative estimate of drug-likeness (QED) is 0.692. The number of alkyl halides is 3. The highest BCUT2D eigenvalue weighted by atomic mass is 19.4. The number of aromatic nitrogens is 4. The van der Waals surface area contributed by atoms with Crippen molar-refractivity contribution in [3.63, 3.8) is 0 Å². The molecule has 0 bridgehead atoms. The molecule has 2 aromatic heterocycles. The van der Waals surface area contributed by atoms with E-state index in [1.54, 1.807) is 29.8 Å². The molecule has 0 atom stereocenters. The summed E-state index contributed by atoms with van der Waals surface area (Å²) in [7, 11) is 3.14. The lowest BCUT2D eigenvalue weighted by Crippen LogP contribution is -2.27. The zero-order chi connectivity index (χ0) is 19.4. The van der Waals surface area contributed by atoms with Crippen LogP contribution in [0.1, 0.15) is 26.5 Å². The van der Waals surface area contributed by atoms with Crippen molar-refractivity contribution in [1.82, 2.24) is 18.9 Å². The van der Waals surface area contributed by atoms with Gasteiger partial charge in [0, 0.05) is 26.2 Å². The first-order valence-corrected chi connectivity index (χ1v) is 8.19. The summed E-state index contributed by atoms with van der Waals surface area (Å²) < 4.78 is 43.1. The van der Waals surface area contributed by atoms with Gasteiger partial charge < -0.3 is 0 Å². The molecule has 0 unspecified atom stereocenters. The minimum Gasteiger partial charge on any atom is -0.295 e. The van der Waals surface area contributed by atoms with Gasteiger partial charge in [-0.05, 0) is 23.6 Å². The molecule has 5 nitrogen and oxygen atoms in total. The van der Waals surface area contributed by atoms with Crippen molar-refractivity contribution in [3.8, 4) is 11.3 Å². The van der Waals surface area contributed by atoms with Crippen LogP contribution in [0, 0.1) is 5.41 Å². The highest BCUT2D eigenvalue weighted by molar-refractivity contribution is 5.82. The largest absolute Gasteiger partial charge is 0.435 e. The van der Waals surface area contributed by atoms with Crippen molar-refractivity contribution in [2.45, 2.75) is 33.5 Å². The Morgan fingerprint density at radius 2 is 1.69 bits per heavy atom. The fourth-order valence-electron chi connectivity index (χ4n) is 3.07. The molecule has 0 saturated carbocycles. The minimum atomic E-state index is -4.50. The summed E-state index contributed by atoms with van der Waals surface area (Å²) in [6.45, 7) is 6.68. The molecule has 3 aromatic rings. The predicted molar refractivity (Wildman–Crippen MR) is 93.8 cm³/mol. The van der Waals surface area contributed by atoms with E-state index < -0.39 is 11.9 Å². The average Bonchev–Trinajstić information content (AvgIpc) is 3.00. The molecule has 1 aromatic carbocycles. The number of aryl methyl sites for hydroxylation is 2. The van der Waals surface area contributed by atoms with Gasteiger partial charge in [-0.1, -0.05) is 26.8 Å². The summed E-state index contributed by atoms with van der Waals surface area (Å²) in [4.78, 5) is 12.6. The van der Waals surface area contributed by atoms with E-state index in [2.05, 4.69) is 5.10 Å². The number of hydrogen-bond donors (Lipinski definition) is 0. The second kappa shape index (κ2) is 5.75. The smallest absolute Gasteiger partial charge is 0.295 e. The maximum atomic E-state index is 12.9. The Morgan fingerprint density at radius 1 is 1.04 bits per heavy atom. The molecule has 0 spiro atoms. The van der Waals surface area contributed by atoms with Crippen molar-refractivity contribution in [2.24, 2.45) is 19.5 Å². The lowest BCUT2D eigenvalue weighted by Gasteiger charge is -2.18. The average molecular weight is 366 g/mol. The summed E-state index contributed by atoms with van der Waals surface area (Å²) in [5.41, 5.74) is 1.19. The molecule has 0 aliphatic rings. The Kier molecular flexibility index (Phi) is 4.05. The molecule has 0 aliphatic carbocycles. The van der Waals surface area contributed by atoms with Crippen LogP contribution in [0.4, 0.5) is 13.2 Å². The monoisotopic (exact) mass is 366 g/mol. The van der Waals surface area contributed by atoms with Crippen LogP contribution in [0.3, 0.4) is 0 Å². The van der Waals surface area contributed by atoms with E-state index in [9.17, 15) is 18.0 Å². The summed E-state index contributed by atoms with van der Waals surface area (Å²) in [6.07, 6.45) is -4.50. The van der Waals surface area contributed by atoms with Crippen LogP contribution in [-0.4, -0.2) is 18.9 Å². The van der Waals surface area contributed by atoms with E-state index >= 15 is 0 Å². The minimum absolute atomic E-state index is 0.0829. The molecular formula is C18H21F3N4O. The second-order valence-corrected chi connectivity index (χ2v) is 7.73. The summed E-state index contributed by atoms with van der Waals surface area (Å²) in [6, 6.07) is 6.24. The molecule has 8 heteroatoms. The number of rotatable bonds is 2. The Morgan fingerprint density at radius 3 is 2.23 bits per heavy atom. The van der Waals surface area contributed by atoms with Crippen LogP contribution in [-0.2, 0) is 26.8 Å². The summed E-state index contributed by atoms with van der Waals surface area (Å²) >= 11 is 0. The Balaban J connectivity index is 2.16. The molecule has 0 fully saturated rings. The number of benzene rings is 1. The van der Waals surface area contributed by atoms with Crippen LogP contribution < -0.4 is 5.69 Å². The molecule has 0 amide bonds. The van der Waals surface area contributed by atoms with Crippen LogP contribution in [0.25, 0.3) is 22.3 Å². The van der Waals surface area contributed by atoms with Crippen molar-refractivity contribution < 1.29 is 13.2 Å². The molecule has 0 aliphatic heterocycles. The topological polar surface area (TPSA) is 44.8 Å².